The maximum Gasteiger partial charge on any atom is 0.299 e. The first-order valence-electron chi connectivity index (χ1n) is 5.35. The molecule has 0 N–H and O–H groups in total. The first-order valence-corrected chi connectivity index (χ1v) is 5.73. The van der Waals surface area contributed by atoms with Gasteiger partial charge < -0.3 is 9.47 Å². The van der Waals surface area contributed by atoms with E-state index in [2.05, 4.69) is 4.98 Å². The first kappa shape index (κ1) is 13.4. The lowest BCUT2D eigenvalue weighted by Crippen LogP contribution is -1.98. The lowest BCUT2D eigenvalue weighted by molar-refractivity contribution is -0.383. The number of nitro groups is 1. The van der Waals surface area contributed by atoms with Gasteiger partial charge in [-0.15, -0.1) is 0 Å². The number of nitro benzene ring substituents is 1. The van der Waals surface area contributed by atoms with Gasteiger partial charge >= 0.3 is 0 Å². The molecule has 1 heterocycles. The van der Waals surface area contributed by atoms with Crippen LogP contribution in [0.1, 0.15) is 5.56 Å². The van der Waals surface area contributed by atoms with Crippen LogP contribution in [0.4, 0.5) is 5.69 Å². The van der Waals surface area contributed by atoms with Crippen molar-refractivity contribution in [1.82, 2.24) is 4.98 Å². The zero-order valence-electron chi connectivity index (χ0n) is 10.6. The Bertz CT molecular complexity index is 673. The summed E-state index contributed by atoms with van der Waals surface area (Å²) in [6, 6.07) is 2.92. The van der Waals surface area contributed by atoms with Crippen molar-refractivity contribution < 1.29 is 14.4 Å². The Morgan fingerprint density at radius 2 is 2.00 bits per heavy atom. The van der Waals surface area contributed by atoms with Gasteiger partial charge in [-0.05, 0) is 12.5 Å². The number of hydrogen-bond donors (Lipinski definition) is 0. The molecule has 1 aromatic carbocycles. The smallest absolute Gasteiger partial charge is 0.299 e. The van der Waals surface area contributed by atoms with E-state index < -0.39 is 4.92 Å². The number of fused-ring (bicyclic) bond motifs is 1. The Hall–Kier alpha value is -2.08. The van der Waals surface area contributed by atoms with Crippen LogP contribution in [-0.2, 0) is 0 Å². The minimum Gasteiger partial charge on any atom is -0.495 e. The number of rotatable bonds is 3. The minimum absolute atomic E-state index is 0.168. The highest BCUT2D eigenvalue weighted by atomic mass is 35.5. The van der Waals surface area contributed by atoms with Gasteiger partial charge in [0, 0.05) is 11.5 Å². The fourth-order valence-electron chi connectivity index (χ4n) is 1.88. The molecule has 0 aliphatic carbocycles. The van der Waals surface area contributed by atoms with E-state index in [1.54, 1.807) is 13.0 Å². The van der Waals surface area contributed by atoms with E-state index in [-0.39, 0.29) is 17.0 Å². The molecule has 0 atom stereocenters. The molecular formula is C12H11ClN2O4. The maximum atomic E-state index is 11.1. The third-order valence-electron chi connectivity index (χ3n) is 2.77. The van der Waals surface area contributed by atoms with Crippen LogP contribution in [0.25, 0.3) is 10.9 Å². The highest BCUT2D eigenvalue weighted by Crippen LogP contribution is 2.40. The molecule has 6 nitrogen and oxygen atoms in total. The average Bonchev–Trinajstić information content (AvgIpc) is 2.38. The molecule has 1 aromatic heterocycles. The van der Waals surface area contributed by atoms with Gasteiger partial charge in [0.25, 0.3) is 5.69 Å². The van der Waals surface area contributed by atoms with Gasteiger partial charge in [0.2, 0.25) is 5.88 Å². The van der Waals surface area contributed by atoms with E-state index in [1.165, 1.54) is 20.3 Å². The number of halogens is 1. The van der Waals surface area contributed by atoms with E-state index in [9.17, 15) is 10.1 Å². The van der Waals surface area contributed by atoms with E-state index in [0.717, 1.165) is 5.56 Å². The molecule has 0 spiro atoms. The van der Waals surface area contributed by atoms with Crippen LogP contribution >= 0.6 is 11.6 Å². The van der Waals surface area contributed by atoms with Crippen molar-refractivity contribution in [3.63, 3.8) is 0 Å². The summed E-state index contributed by atoms with van der Waals surface area (Å²) >= 11 is 6.19. The molecule has 0 bridgehead atoms. The standard InChI is InChI=1S/C12H11ClN2O4/c1-6-4-9(19-3)14-12-7(15(16)17)5-8(18-2)11(13)10(6)12/h4-5H,1-3H3. The average molecular weight is 283 g/mol. The summed E-state index contributed by atoms with van der Waals surface area (Å²) in [6.07, 6.45) is 0. The summed E-state index contributed by atoms with van der Waals surface area (Å²) in [5, 5.41) is 11.9. The fraction of sp³-hybridized carbons (Fsp3) is 0.250. The Kier molecular flexibility index (Phi) is 3.44. The van der Waals surface area contributed by atoms with E-state index in [4.69, 9.17) is 21.1 Å². The molecule has 2 rings (SSSR count). The van der Waals surface area contributed by atoms with Crippen LogP contribution < -0.4 is 9.47 Å². The molecule has 0 saturated carbocycles. The molecule has 19 heavy (non-hydrogen) atoms. The number of pyridine rings is 1. The fourth-order valence-corrected chi connectivity index (χ4v) is 2.25. The summed E-state index contributed by atoms with van der Waals surface area (Å²) in [6.45, 7) is 1.78. The topological polar surface area (TPSA) is 74.5 Å². The van der Waals surface area contributed by atoms with Gasteiger partial charge in [0.15, 0.2) is 5.52 Å². The van der Waals surface area contributed by atoms with E-state index >= 15 is 0 Å². The molecule has 0 amide bonds. The second-order valence-corrected chi connectivity index (χ2v) is 4.25. The number of non-ortho nitro benzene ring substituents is 1. The monoisotopic (exact) mass is 282 g/mol. The van der Waals surface area contributed by atoms with Crippen LogP contribution in [0, 0.1) is 17.0 Å². The van der Waals surface area contributed by atoms with Crippen molar-refractivity contribution in [3.05, 3.63) is 32.8 Å². The van der Waals surface area contributed by atoms with Crippen LogP contribution in [0.15, 0.2) is 12.1 Å². The maximum absolute atomic E-state index is 11.1. The zero-order valence-corrected chi connectivity index (χ0v) is 11.3. The highest BCUT2D eigenvalue weighted by Gasteiger charge is 2.22. The number of methoxy groups -OCH3 is 2. The number of ether oxygens (including phenoxy) is 2. The lowest BCUT2D eigenvalue weighted by Gasteiger charge is -2.10. The molecule has 0 fully saturated rings. The normalized spacial score (nSPS) is 10.5. The second-order valence-electron chi connectivity index (χ2n) is 3.87. The Morgan fingerprint density at radius 3 is 2.53 bits per heavy atom. The van der Waals surface area contributed by atoms with Crippen LogP contribution in [-0.4, -0.2) is 24.1 Å². The predicted molar refractivity (Wildman–Crippen MR) is 71.2 cm³/mol. The van der Waals surface area contributed by atoms with Gasteiger partial charge in [-0.3, -0.25) is 10.1 Å². The van der Waals surface area contributed by atoms with Crippen molar-refractivity contribution in [2.45, 2.75) is 6.92 Å². The Morgan fingerprint density at radius 1 is 1.32 bits per heavy atom. The molecule has 7 heteroatoms. The van der Waals surface area contributed by atoms with Gasteiger partial charge in [-0.2, -0.15) is 0 Å². The van der Waals surface area contributed by atoms with Gasteiger partial charge in [-0.25, -0.2) is 4.98 Å². The van der Waals surface area contributed by atoms with Crippen LogP contribution in [0.5, 0.6) is 11.6 Å². The highest BCUT2D eigenvalue weighted by molar-refractivity contribution is 6.37. The first-order chi connectivity index (χ1) is 8.99. The summed E-state index contributed by atoms with van der Waals surface area (Å²) in [5.74, 6) is 0.547. The number of aromatic nitrogens is 1. The molecular weight excluding hydrogens is 272 g/mol. The predicted octanol–water partition coefficient (Wildman–Crippen LogP) is 3.12. The van der Waals surface area contributed by atoms with Gasteiger partial charge in [0.1, 0.15) is 5.75 Å². The van der Waals surface area contributed by atoms with Crippen LogP contribution in [0.3, 0.4) is 0 Å². The quantitative estimate of drug-likeness (QED) is 0.638. The summed E-state index contributed by atoms with van der Waals surface area (Å²) < 4.78 is 10.1. The van der Waals surface area contributed by atoms with Crippen molar-refractivity contribution in [2.75, 3.05) is 14.2 Å². The number of benzene rings is 1. The second kappa shape index (κ2) is 4.89. The summed E-state index contributed by atoms with van der Waals surface area (Å²) in [4.78, 5) is 14.7. The Balaban J connectivity index is 2.97. The molecule has 0 radical (unpaired) electrons. The van der Waals surface area contributed by atoms with Crippen LogP contribution in [0.2, 0.25) is 5.02 Å². The Labute approximate surface area is 114 Å². The van der Waals surface area contributed by atoms with Gasteiger partial charge in [-0.1, -0.05) is 11.6 Å². The van der Waals surface area contributed by atoms with Crippen molar-refractivity contribution in [3.8, 4) is 11.6 Å². The van der Waals surface area contributed by atoms with Crippen molar-refractivity contribution in [1.29, 1.82) is 0 Å². The minimum atomic E-state index is -0.521. The third kappa shape index (κ3) is 2.15. The molecule has 100 valence electrons. The lowest BCUT2D eigenvalue weighted by atomic mass is 10.1. The zero-order chi connectivity index (χ0) is 14.2. The molecule has 0 unspecified atom stereocenters. The number of aryl methyl sites for hydroxylation is 1. The molecule has 0 aliphatic heterocycles. The molecule has 0 saturated heterocycles. The van der Waals surface area contributed by atoms with Gasteiger partial charge in [0.05, 0.1) is 30.2 Å². The molecule has 0 aliphatic rings. The van der Waals surface area contributed by atoms with E-state index in [1.807, 2.05) is 0 Å². The number of hydrogen-bond acceptors (Lipinski definition) is 5. The van der Waals surface area contributed by atoms with Crippen molar-refractivity contribution in [2.24, 2.45) is 0 Å². The SMILES string of the molecule is COc1cc(C)c2c(Cl)c(OC)cc([N+](=O)[O-])c2n1. The van der Waals surface area contributed by atoms with Crippen molar-refractivity contribution >= 4 is 28.2 Å². The summed E-state index contributed by atoms with van der Waals surface area (Å²) in [5.41, 5.74) is 0.750. The number of nitrogens with zero attached hydrogens (tertiary/aromatic N) is 2. The largest absolute Gasteiger partial charge is 0.495 e. The van der Waals surface area contributed by atoms with E-state index in [0.29, 0.717) is 16.3 Å². The summed E-state index contributed by atoms with van der Waals surface area (Å²) in [7, 11) is 2.85. The molecule has 2 aromatic rings. The third-order valence-corrected chi connectivity index (χ3v) is 3.14.